The topological polar surface area (TPSA) is 90.8 Å². The molecule has 0 amide bonds. The highest BCUT2D eigenvalue weighted by molar-refractivity contribution is 7.98. The van der Waals surface area contributed by atoms with Crippen molar-refractivity contribution in [1.82, 2.24) is 29.9 Å². The minimum absolute atomic E-state index is 0.193. The number of fused-ring (bicyclic) bond motifs is 1. The number of benzene rings is 1. The smallest absolute Gasteiger partial charge is 0.233 e. The summed E-state index contributed by atoms with van der Waals surface area (Å²) in [5.74, 6) is 1.13. The first-order chi connectivity index (χ1) is 17.8. The molecule has 1 aliphatic carbocycles. The van der Waals surface area contributed by atoms with Gasteiger partial charge in [-0.2, -0.15) is 20.2 Å². The summed E-state index contributed by atoms with van der Waals surface area (Å²) in [7, 11) is 3.52. The molecule has 0 spiro atoms. The minimum Gasteiger partial charge on any atom is -0.346 e. The van der Waals surface area contributed by atoms with Crippen molar-refractivity contribution in [3.05, 3.63) is 58.5 Å². The van der Waals surface area contributed by atoms with Crippen LogP contribution in [0.1, 0.15) is 41.3 Å². The van der Waals surface area contributed by atoms with Gasteiger partial charge in [0.25, 0.3) is 0 Å². The number of anilines is 5. The molecule has 4 heterocycles. The van der Waals surface area contributed by atoms with Gasteiger partial charge in [-0.1, -0.05) is 0 Å². The highest BCUT2D eigenvalue weighted by Gasteiger charge is 2.36. The Morgan fingerprint density at radius 1 is 1.14 bits per heavy atom. The normalized spacial score (nSPS) is 14.8. The standard InChI is InChI=1S/C25H27F2N9S/c1-13-7-20(33-32-13)29-23-21(14-5-6-14)24(36-11-15-10-28-35(3)19(15)12-36)31-25(30-23)34(2)22-17(26)8-16(37-4)9-18(22)27/h7-10,14H,5-6,11-12H2,1-4H3,(H2,29,30,31,32,33). The molecule has 3 aromatic heterocycles. The maximum Gasteiger partial charge on any atom is 0.233 e. The maximum absolute atomic E-state index is 15.1. The minimum atomic E-state index is -0.666. The number of thioether (sulfide) groups is 1. The van der Waals surface area contributed by atoms with E-state index >= 15 is 8.78 Å². The number of hydrogen-bond donors (Lipinski definition) is 2. The Hall–Kier alpha value is -3.67. The number of aromatic nitrogens is 6. The van der Waals surface area contributed by atoms with Gasteiger partial charge in [0, 0.05) is 48.4 Å². The molecular weight excluding hydrogens is 496 g/mol. The highest BCUT2D eigenvalue weighted by Crippen LogP contribution is 2.49. The van der Waals surface area contributed by atoms with Crippen molar-refractivity contribution in [2.75, 3.05) is 28.4 Å². The first kappa shape index (κ1) is 23.7. The maximum atomic E-state index is 15.1. The molecule has 1 aromatic carbocycles. The van der Waals surface area contributed by atoms with Crippen LogP contribution in [0.15, 0.2) is 29.3 Å². The second kappa shape index (κ2) is 9.02. The largest absolute Gasteiger partial charge is 0.346 e. The average molecular weight is 524 g/mol. The van der Waals surface area contributed by atoms with Gasteiger partial charge < -0.3 is 15.1 Å². The van der Waals surface area contributed by atoms with Crippen molar-refractivity contribution in [2.45, 2.75) is 43.7 Å². The number of aryl methyl sites for hydroxylation is 2. The van der Waals surface area contributed by atoms with E-state index in [1.807, 2.05) is 30.9 Å². The summed E-state index contributed by atoms with van der Waals surface area (Å²) in [6, 6.07) is 4.54. The van der Waals surface area contributed by atoms with Crippen LogP contribution >= 0.6 is 11.8 Å². The lowest BCUT2D eigenvalue weighted by Gasteiger charge is -2.26. The van der Waals surface area contributed by atoms with Gasteiger partial charge in [0.2, 0.25) is 5.95 Å². The predicted octanol–water partition coefficient (Wildman–Crippen LogP) is 5.15. The molecule has 1 aliphatic heterocycles. The number of nitrogens with one attached hydrogen (secondary N) is 2. The number of rotatable bonds is 7. The number of aromatic amines is 1. The zero-order valence-corrected chi connectivity index (χ0v) is 21.8. The number of nitrogens with zero attached hydrogens (tertiary/aromatic N) is 7. The third kappa shape index (κ3) is 4.28. The van der Waals surface area contributed by atoms with Crippen LogP contribution in [0.25, 0.3) is 0 Å². The average Bonchev–Trinajstić information content (AvgIpc) is 3.33. The first-order valence-electron chi connectivity index (χ1n) is 12.0. The molecule has 192 valence electrons. The van der Waals surface area contributed by atoms with Gasteiger partial charge in [-0.15, -0.1) is 11.8 Å². The van der Waals surface area contributed by atoms with Crippen molar-refractivity contribution in [2.24, 2.45) is 7.05 Å². The van der Waals surface area contributed by atoms with Gasteiger partial charge >= 0.3 is 0 Å². The summed E-state index contributed by atoms with van der Waals surface area (Å²) in [5.41, 5.74) is 3.97. The molecule has 0 unspecified atom stereocenters. The van der Waals surface area contributed by atoms with Gasteiger partial charge in [0.1, 0.15) is 17.3 Å². The molecular formula is C25H27F2N9S. The lowest BCUT2D eigenvalue weighted by Crippen LogP contribution is -2.24. The molecule has 0 bridgehead atoms. The van der Waals surface area contributed by atoms with E-state index in [1.165, 1.54) is 28.8 Å². The molecule has 1 saturated carbocycles. The van der Waals surface area contributed by atoms with Crippen molar-refractivity contribution >= 4 is 40.9 Å². The molecule has 0 atom stereocenters. The van der Waals surface area contributed by atoms with Crippen LogP contribution in [0.4, 0.5) is 37.9 Å². The fourth-order valence-electron chi connectivity index (χ4n) is 4.80. The molecule has 1 fully saturated rings. The van der Waals surface area contributed by atoms with Crippen LogP contribution < -0.4 is 15.1 Å². The second-order valence-electron chi connectivity index (χ2n) is 9.54. The van der Waals surface area contributed by atoms with Crippen LogP contribution in [-0.4, -0.2) is 43.2 Å². The summed E-state index contributed by atoms with van der Waals surface area (Å²) >= 11 is 1.28. The summed E-state index contributed by atoms with van der Waals surface area (Å²) < 4.78 is 32.0. The van der Waals surface area contributed by atoms with Crippen LogP contribution in [0.5, 0.6) is 0 Å². The summed E-state index contributed by atoms with van der Waals surface area (Å²) in [6.45, 7) is 3.21. The Kier molecular flexibility index (Phi) is 5.78. The van der Waals surface area contributed by atoms with Crippen molar-refractivity contribution in [1.29, 1.82) is 0 Å². The van der Waals surface area contributed by atoms with E-state index in [1.54, 1.807) is 13.3 Å². The lowest BCUT2D eigenvalue weighted by atomic mass is 10.1. The van der Waals surface area contributed by atoms with E-state index in [0.29, 0.717) is 35.5 Å². The van der Waals surface area contributed by atoms with E-state index in [4.69, 9.17) is 9.97 Å². The quantitative estimate of drug-likeness (QED) is 0.322. The van der Waals surface area contributed by atoms with E-state index in [0.717, 1.165) is 41.2 Å². The first-order valence-corrected chi connectivity index (χ1v) is 13.3. The molecule has 0 saturated heterocycles. The second-order valence-corrected chi connectivity index (χ2v) is 10.4. The molecule has 12 heteroatoms. The monoisotopic (exact) mass is 523 g/mol. The van der Waals surface area contributed by atoms with Crippen LogP contribution in [-0.2, 0) is 20.1 Å². The Morgan fingerprint density at radius 2 is 1.89 bits per heavy atom. The Balaban J connectivity index is 1.48. The van der Waals surface area contributed by atoms with Gasteiger partial charge in [0.15, 0.2) is 17.5 Å². The number of hydrogen-bond acceptors (Lipinski definition) is 8. The van der Waals surface area contributed by atoms with Crippen LogP contribution in [0.2, 0.25) is 0 Å². The lowest BCUT2D eigenvalue weighted by molar-refractivity contribution is 0.577. The van der Waals surface area contributed by atoms with Gasteiger partial charge in [-0.25, -0.2) is 8.78 Å². The zero-order valence-electron chi connectivity index (χ0n) is 21.0. The van der Waals surface area contributed by atoms with E-state index in [9.17, 15) is 0 Å². The van der Waals surface area contributed by atoms with E-state index in [-0.39, 0.29) is 11.6 Å². The number of H-pyrrole nitrogens is 1. The zero-order chi connectivity index (χ0) is 25.8. The molecule has 2 N–H and O–H groups in total. The molecule has 37 heavy (non-hydrogen) atoms. The molecule has 6 rings (SSSR count). The van der Waals surface area contributed by atoms with Crippen LogP contribution in [0.3, 0.4) is 0 Å². The molecule has 0 radical (unpaired) electrons. The molecule has 4 aromatic rings. The van der Waals surface area contributed by atoms with Gasteiger partial charge in [-0.3, -0.25) is 9.78 Å². The van der Waals surface area contributed by atoms with Gasteiger partial charge in [0.05, 0.1) is 18.4 Å². The Bertz CT molecular complexity index is 1470. The van der Waals surface area contributed by atoms with E-state index < -0.39 is 11.6 Å². The van der Waals surface area contributed by atoms with Crippen molar-refractivity contribution < 1.29 is 8.78 Å². The van der Waals surface area contributed by atoms with Crippen molar-refractivity contribution in [3.63, 3.8) is 0 Å². The SMILES string of the molecule is CSc1cc(F)c(N(C)c2nc(Nc3cc(C)[nH]n3)c(C3CC3)c(N3Cc4cnn(C)c4C3)n2)c(F)c1. The summed E-state index contributed by atoms with van der Waals surface area (Å²) in [6.07, 6.45) is 5.72. The third-order valence-corrected chi connectivity index (χ3v) is 7.57. The Labute approximate surface area is 217 Å². The van der Waals surface area contributed by atoms with Gasteiger partial charge in [-0.05, 0) is 44.1 Å². The van der Waals surface area contributed by atoms with E-state index in [2.05, 4.69) is 25.5 Å². The van der Waals surface area contributed by atoms with Crippen LogP contribution in [0, 0.1) is 18.6 Å². The molecule has 9 nitrogen and oxygen atoms in total. The third-order valence-electron chi connectivity index (χ3n) is 6.86. The summed E-state index contributed by atoms with van der Waals surface area (Å²) in [4.78, 5) is 13.8. The highest BCUT2D eigenvalue weighted by atomic mass is 32.2. The van der Waals surface area contributed by atoms with Crippen molar-refractivity contribution in [3.8, 4) is 0 Å². The number of halogens is 2. The fraction of sp³-hybridized carbons (Fsp3) is 0.360. The Morgan fingerprint density at radius 3 is 2.51 bits per heavy atom. The fourth-order valence-corrected chi connectivity index (χ4v) is 5.24. The molecule has 2 aliphatic rings. The summed E-state index contributed by atoms with van der Waals surface area (Å²) in [5, 5.41) is 15.0. The predicted molar refractivity (Wildman–Crippen MR) is 140 cm³/mol.